The van der Waals surface area contributed by atoms with E-state index in [9.17, 15) is 0 Å². The average molecular weight is 223 g/mol. The molecule has 0 radical (unpaired) electrons. The SMILES string of the molecule is COc1cc(OC)c2c(c1)OCCCC2N. The van der Waals surface area contributed by atoms with Crippen molar-refractivity contribution in [3.63, 3.8) is 0 Å². The molecule has 88 valence electrons. The predicted molar refractivity (Wildman–Crippen MR) is 61.2 cm³/mol. The van der Waals surface area contributed by atoms with Crippen LogP contribution in [0.4, 0.5) is 0 Å². The lowest BCUT2D eigenvalue weighted by Gasteiger charge is -2.17. The van der Waals surface area contributed by atoms with Gasteiger partial charge < -0.3 is 19.9 Å². The molecule has 0 bridgehead atoms. The summed E-state index contributed by atoms with van der Waals surface area (Å²) in [5.74, 6) is 2.25. The van der Waals surface area contributed by atoms with E-state index < -0.39 is 0 Å². The molecular weight excluding hydrogens is 206 g/mol. The molecule has 1 aliphatic rings. The Morgan fingerprint density at radius 2 is 2.12 bits per heavy atom. The quantitative estimate of drug-likeness (QED) is 0.831. The van der Waals surface area contributed by atoms with Crippen molar-refractivity contribution in [3.05, 3.63) is 17.7 Å². The Balaban J connectivity index is 2.51. The molecule has 0 saturated heterocycles. The number of hydrogen-bond donors (Lipinski definition) is 1. The highest BCUT2D eigenvalue weighted by atomic mass is 16.5. The molecule has 1 aliphatic heterocycles. The lowest BCUT2D eigenvalue weighted by atomic mass is 10.0. The van der Waals surface area contributed by atoms with E-state index in [0.717, 1.165) is 35.7 Å². The lowest BCUT2D eigenvalue weighted by molar-refractivity contribution is 0.311. The van der Waals surface area contributed by atoms with E-state index in [1.54, 1.807) is 14.2 Å². The summed E-state index contributed by atoms with van der Waals surface area (Å²) in [6.07, 6.45) is 1.87. The first-order valence-electron chi connectivity index (χ1n) is 5.40. The lowest BCUT2D eigenvalue weighted by Crippen LogP contribution is -2.10. The molecule has 2 N–H and O–H groups in total. The number of rotatable bonds is 2. The fourth-order valence-electron chi connectivity index (χ4n) is 1.98. The summed E-state index contributed by atoms with van der Waals surface area (Å²) in [4.78, 5) is 0. The van der Waals surface area contributed by atoms with Gasteiger partial charge in [-0.15, -0.1) is 0 Å². The molecule has 4 nitrogen and oxygen atoms in total. The number of fused-ring (bicyclic) bond motifs is 1. The second-order valence-electron chi connectivity index (χ2n) is 3.84. The maximum Gasteiger partial charge on any atom is 0.131 e. The van der Waals surface area contributed by atoms with E-state index in [0.29, 0.717) is 6.61 Å². The molecule has 16 heavy (non-hydrogen) atoms. The van der Waals surface area contributed by atoms with E-state index >= 15 is 0 Å². The molecule has 1 atom stereocenters. The Morgan fingerprint density at radius 3 is 2.81 bits per heavy atom. The van der Waals surface area contributed by atoms with Crippen LogP contribution in [-0.2, 0) is 0 Å². The highest BCUT2D eigenvalue weighted by Gasteiger charge is 2.22. The molecule has 1 aromatic rings. The van der Waals surface area contributed by atoms with Crippen molar-refractivity contribution < 1.29 is 14.2 Å². The van der Waals surface area contributed by atoms with E-state index in [1.165, 1.54) is 0 Å². The van der Waals surface area contributed by atoms with Gasteiger partial charge in [0.15, 0.2) is 0 Å². The number of nitrogens with two attached hydrogens (primary N) is 1. The smallest absolute Gasteiger partial charge is 0.131 e. The van der Waals surface area contributed by atoms with Gasteiger partial charge in [0.2, 0.25) is 0 Å². The first kappa shape index (κ1) is 11.1. The number of methoxy groups -OCH3 is 2. The minimum atomic E-state index is -0.0293. The molecule has 1 heterocycles. The Hall–Kier alpha value is -1.42. The standard InChI is InChI=1S/C12H17NO3/c1-14-8-6-10(15-2)12-9(13)4-3-5-16-11(12)7-8/h6-7,9H,3-5,13H2,1-2H3. The zero-order chi connectivity index (χ0) is 11.5. The number of hydrogen-bond acceptors (Lipinski definition) is 4. The molecule has 0 aliphatic carbocycles. The zero-order valence-corrected chi connectivity index (χ0v) is 9.66. The minimum Gasteiger partial charge on any atom is -0.496 e. The van der Waals surface area contributed by atoms with Gasteiger partial charge in [-0.25, -0.2) is 0 Å². The third kappa shape index (κ3) is 1.93. The van der Waals surface area contributed by atoms with Gasteiger partial charge in [-0.1, -0.05) is 0 Å². The fourth-order valence-corrected chi connectivity index (χ4v) is 1.98. The highest BCUT2D eigenvalue weighted by Crippen LogP contribution is 2.40. The Kier molecular flexibility index (Phi) is 3.19. The van der Waals surface area contributed by atoms with Crippen molar-refractivity contribution in [1.29, 1.82) is 0 Å². The van der Waals surface area contributed by atoms with Gasteiger partial charge in [0.1, 0.15) is 17.2 Å². The van der Waals surface area contributed by atoms with Gasteiger partial charge in [-0.05, 0) is 12.8 Å². The van der Waals surface area contributed by atoms with Crippen molar-refractivity contribution in [2.24, 2.45) is 5.73 Å². The fraction of sp³-hybridized carbons (Fsp3) is 0.500. The predicted octanol–water partition coefficient (Wildman–Crippen LogP) is 1.88. The van der Waals surface area contributed by atoms with Crippen LogP contribution in [0.3, 0.4) is 0 Å². The van der Waals surface area contributed by atoms with Gasteiger partial charge >= 0.3 is 0 Å². The summed E-state index contributed by atoms with van der Waals surface area (Å²) < 4.78 is 16.2. The highest BCUT2D eigenvalue weighted by molar-refractivity contribution is 5.52. The van der Waals surface area contributed by atoms with Crippen LogP contribution in [-0.4, -0.2) is 20.8 Å². The monoisotopic (exact) mass is 223 g/mol. The van der Waals surface area contributed by atoms with Crippen LogP contribution in [0.1, 0.15) is 24.4 Å². The molecule has 2 rings (SSSR count). The molecule has 0 saturated carbocycles. The minimum absolute atomic E-state index is 0.0293. The topological polar surface area (TPSA) is 53.7 Å². The Bertz CT molecular complexity index is 379. The summed E-state index contributed by atoms with van der Waals surface area (Å²) >= 11 is 0. The van der Waals surface area contributed by atoms with Crippen LogP contribution in [0, 0.1) is 0 Å². The van der Waals surface area contributed by atoms with Gasteiger partial charge in [0.05, 0.1) is 26.4 Å². The second kappa shape index (κ2) is 4.61. The van der Waals surface area contributed by atoms with Crippen molar-refractivity contribution in [2.75, 3.05) is 20.8 Å². The molecule has 0 amide bonds. The van der Waals surface area contributed by atoms with Crippen LogP contribution in [0.5, 0.6) is 17.2 Å². The number of ether oxygens (including phenoxy) is 3. The normalized spacial score (nSPS) is 19.3. The first-order chi connectivity index (χ1) is 7.76. The van der Waals surface area contributed by atoms with E-state index in [1.807, 2.05) is 12.1 Å². The summed E-state index contributed by atoms with van der Waals surface area (Å²) in [6, 6.07) is 3.68. The second-order valence-corrected chi connectivity index (χ2v) is 3.84. The van der Waals surface area contributed by atoms with Crippen molar-refractivity contribution in [2.45, 2.75) is 18.9 Å². The third-order valence-corrected chi connectivity index (χ3v) is 2.82. The van der Waals surface area contributed by atoms with Crippen molar-refractivity contribution in [3.8, 4) is 17.2 Å². The molecule has 0 aromatic heterocycles. The van der Waals surface area contributed by atoms with Gasteiger partial charge in [0, 0.05) is 18.2 Å². The maximum atomic E-state index is 6.11. The van der Waals surface area contributed by atoms with Gasteiger partial charge in [-0.3, -0.25) is 0 Å². The van der Waals surface area contributed by atoms with Crippen LogP contribution < -0.4 is 19.9 Å². The molecule has 0 fully saturated rings. The molecule has 4 heteroatoms. The summed E-state index contributed by atoms with van der Waals surface area (Å²) in [7, 11) is 3.25. The summed E-state index contributed by atoms with van der Waals surface area (Å²) in [5, 5.41) is 0. The summed E-state index contributed by atoms with van der Waals surface area (Å²) in [5.41, 5.74) is 7.06. The van der Waals surface area contributed by atoms with Crippen LogP contribution in [0.15, 0.2) is 12.1 Å². The van der Waals surface area contributed by atoms with Crippen LogP contribution in [0.25, 0.3) is 0 Å². The number of benzene rings is 1. The van der Waals surface area contributed by atoms with E-state index in [2.05, 4.69) is 0 Å². The average Bonchev–Trinajstić information content (AvgIpc) is 2.50. The van der Waals surface area contributed by atoms with Crippen LogP contribution >= 0.6 is 0 Å². The zero-order valence-electron chi connectivity index (χ0n) is 9.66. The molecule has 1 unspecified atom stereocenters. The Labute approximate surface area is 95.3 Å². The summed E-state index contributed by atoms with van der Waals surface area (Å²) in [6.45, 7) is 0.691. The van der Waals surface area contributed by atoms with Crippen molar-refractivity contribution in [1.82, 2.24) is 0 Å². The first-order valence-corrected chi connectivity index (χ1v) is 5.40. The van der Waals surface area contributed by atoms with Crippen molar-refractivity contribution >= 4 is 0 Å². The van der Waals surface area contributed by atoms with Gasteiger partial charge in [0.25, 0.3) is 0 Å². The van der Waals surface area contributed by atoms with E-state index in [4.69, 9.17) is 19.9 Å². The molecule has 1 aromatic carbocycles. The molecule has 0 spiro atoms. The van der Waals surface area contributed by atoms with Gasteiger partial charge in [-0.2, -0.15) is 0 Å². The largest absolute Gasteiger partial charge is 0.496 e. The third-order valence-electron chi connectivity index (χ3n) is 2.82. The molecular formula is C12H17NO3. The Morgan fingerprint density at radius 1 is 1.31 bits per heavy atom. The maximum absolute atomic E-state index is 6.11. The van der Waals surface area contributed by atoms with Crippen LogP contribution in [0.2, 0.25) is 0 Å². The van der Waals surface area contributed by atoms with E-state index in [-0.39, 0.29) is 6.04 Å².